The summed E-state index contributed by atoms with van der Waals surface area (Å²) >= 11 is 0. The number of hydrogen-bond donors (Lipinski definition) is 3. The number of phenols is 1. The van der Waals surface area contributed by atoms with E-state index in [4.69, 9.17) is 4.74 Å². The maximum Gasteiger partial charge on any atom is 0.408 e. The molecule has 3 N–H and O–H groups in total. The molecule has 0 saturated heterocycles. The molecule has 8 nitrogen and oxygen atoms in total. The van der Waals surface area contributed by atoms with E-state index >= 15 is 0 Å². The Bertz CT molecular complexity index is 1640. The van der Waals surface area contributed by atoms with Crippen LogP contribution in [-0.2, 0) is 20.7 Å². The summed E-state index contributed by atoms with van der Waals surface area (Å²) in [6, 6.07) is 25.8. The monoisotopic (exact) mass is 637 g/mol. The third-order valence-electron chi connectivity index (χ3n) is 7.87. The van der Waals surface area contributed by atoms with Gasteiger partial charge in [-0.15, -0.1) is 0 Å². The minimum atomic E-state index is -1.04. The number of hydrogen-bond acceptors (Lipinski definition) is 5. The molecule has 0 aliphatic carbocycles. The summed E-state index contributed by atoms with van der Waals surface area (Å²) in [4.78, 5) is 43.7. The van der Waals surface area contributed by atoms with E-state index in [2.05, 4.69) is 17.6 Å². The number of amides is 3. The topological polar surface area (TPSA) is 108 Å². The highest BCUT2D eigenvalue weighted by atomic mass is 16.6. The molecule has 0 aliphatic rings. The van der Waals surface area contributed by atoms with Crippen LogP contribution in [0, 0.1) is 6.92 Å². The number of carbonyl (C=O) groups is 3. The zero-order chi connectivity index (χ0) is 34.0. The average molecular weight is 638 g/mol. The molecule has 0 heterocycles. The summed E-state index contributed by atoms with van der Waals surface area (Å²) < 4.78 is 5.55. The minimum Gasteiger partial charge on any atom is -0.508 e. The van der Waals surface area contributed by atoms with E-state index in [1.807, 2.05) is 73.7 Å². The van der Waals surface area contributed by atoms with Gasteiger partial charge >= 0.3 is 6.09 Å². The molecule has 0 aromatic heterocycles. The molecular weight excluding hydrogens is 590 g/mol. The number of ether oxygens (including phenoxy) is 1. The van der Waals surface area contributed by atoms with Crippen molar-refractivity contribution in [2.24, 2.45) is 0 Å². The molecule has 0 radical (unpaired) electrons. The smallest absolute Gasteiger partial charge is 0.408 e. The third kappa shape index (κ3) is 10.3. The number of nitrogens with zero attached hydrogens (tertiary/aromatic N) is 1. The van der Waals surface area contributed by atoms with E-state index in [1.165, 1.54) is 0 Å². The summed E-state index contributed by atoms with van der Waals surface area (Å²) in [6.07, 6.45) is 2.98. The van der Waals surface area contributed by atoms with E-state index < -0.39 is 29.7 Å². The minimum absolute atomic E-state index is 0.0964. The highest BCUT2D eigenvalue weighted by Crippen LogP contribution is 2.28. The molecule has 8 heteroatoms. The third-order valence-corrected chi connectivity index (χ3v) is 7.87. The molecule has 248 valence electrons. The number of phenolic OH excluding ortho intramolecular Hbond substituents is 1. The molecule has 2 unspecified atom stereocenters. The quantitative estimate of drug-likeness (QED) is 0.129. The predicted octanol–water partition coefficient (Wildman–Crippen LogP) is 8.08. The second-order valence-electron chi connectivity index (χ2n) is 13.0. The number of unbranched alkanes of at least 4 members (excludes halogenated alkanes) is 3. The number of nitrogens with one attached hydrogen (secondary N) is 2. The van der Waals surface area contributed by atoms with Crippen LogP contribution in [0.15, 0.2) is 91.0 Å². The molecule has 2 atom stereocenters. The van der Waals surface area contributed by atoms with Crippen molar-refractivity contribution >= 4 is 34.4 Å². The molecular formula is C39H47N3O5. The number of fused-ring (bicyclic) bond motifs is 1. The fraction of sp³-hybridized carbons (Fsp3) is 0.359. The second-order valence-corrected chi connectivity index (χ2v) is 13.0. The fourth-order valence-corrected chi connectivity index (χ4v) is 5.49. The molecule has 0 saturated carbocycles. The van der Waals surface area contributed by atoms with Crippen LogP contribution in [0.5, 0.6) is 5.75 Å². The Balaban J connectivity index is 1.74. The van der Waals surface area contributed by atoms with E-state index in [1.54, 1.807) is 49.9 Å². The summed E-state index contributed by atoms with van der Waals surface area (Å²) in [6.45, 7) is 9.67. The molecule has 0 bridgehead atoms. The predicted molar refractivity (Wildman–Crippen MR) is 187 cm³/mol. The molecule has 0 aliphatic heterocycles. The fourth-order valence-electron chi connectivity index (χ4n) is 5.49. The Hall–Kier alpha value is -4.85. The Labute approximate surface area is 278 Å². The number of alkyl carbamates (subject to hydrolysis) is 1. The summed E-state index contributed by atoms with van der Waals surface area (Å²) in [5, 5.41) is 17.8. The van der Waals surface area contributed by atoms with E-state index in [9.17, 15) is 19.5 Å². The van der Waals surface area contributed by atoms with Gasteiger partial charge in [0.1, 0.15) is 23.4 Å². The Kier molecular flexibility index (Phi) is 12.0. The molecule has 3 amide bonds. The van der Waals surface area contributed by atoms with E-state index in [-0.39, 0.29) is 18.1 Å². The van der Waals surface area contributed by atoms with Gasteiger partial charge in [0.2, 0.25) is 5.91 Å². The highest BCUT2D eigenvalue weighted by molar-refractivity contribution is 6.00. The van der Waals surface area contributed by atoms with Crippen molar-refractivity contribution in [3.05, 3.63) is 108 Å². The Morgan fingerprint density at radius 2 is 1.53 bits per heavy atom. The first-order valence-corrected chi connectivity index (χ1v) is 16.4. The number of aryl methyl sites for hydroxylation is 1. The standard InChI is InChI=1S/C39H47N3O5/c1-6-7-8-11-24-42(37(45)34(41-38(46)47-39(3,4)5)25-28-16-22-33(43)23-17-28)35(30-18-14-27(2)15-19-30)36(44)40-32-21-20-29-12-9-10-13-31(29)26-32/h9-10,12-23,26,34-35,43H,6-8,11,24-25H2,1-5H3,(H,40,44)(H,41,46). The molecule has 47 heavy (non-hydrogen) atoms. The maximum absolute atomic E-state index is 14.7. The van der Waals surface area contributed by atoms with Gasteiger partial charge in [-0.25, -0.2) is 4.79 Å². The lowest BCUT2D eigenvalue weighted by Crippen LogP contribution is -2.53. The maximum atomic E-state index is 14.7. The van der Waals surface area contributed by atoms with Crippen LogP contribution in [0.2, 0.25) is 0 Å². The van der Waals surface area contributed by atoms with Gasteiger partial charge in [0.25, 0.3) is 5.91 Å². The summed E-state index contributed by atoms with van der Waals surface area (Å²) in [7, 11) is 0. The second kappa shape index (κ2) is 16.1. The zero-order valence-electron chi connectivity index (χ0n) is 28.1. The summed E-state index contributed by atoms with van der Waals surface area (Å²) in [5.74, 6) is -0.660. The molecule has 4 rings (SSSR count). The van der Waals surface area contributed by atoms with Gasteiger partial charge in [-0.1, -0.05) is 98.5 Å². The van der Waals surface area contributed by atoms with Crippen molar-refractivity contribution in [2.45, 2.75) is 84.4 Å². The van der Waals surface area contributed by atoms with Gasteiger partial charge in [0.05, 0.1) is 0 Å². The van der Waals surface area contributed by atoms with Crippen molar-refractivity contribution < 1.29 is 24.2 Å². The van der Waals surface area contributed by atoms with Gasteiger partial charge in [0.15, 0.2) is 0 Å². The van der Waals surface area contributed by atoms with Crippen LogP contribution < -0.4 is 10.6 Å². The zero-order valence-corrected chi connectivity index (χ0v) is 28.1. The SMILES string of the molecule is CCCCCCN(C(=O)C(Cc1ccc(O)cc1)NC(=O)OC(C)(C)C)C(C(=O)Nc1ccc2ccccc2c1)c1ccc(C)cc1. The van der Waals surface area contributed by atoms with Gasteiger partial charge in [-0.05, 0) is 80.3 Å². The molecule has 0 fully saturated rings. The van der Waals surface area contributed by atoms with Crippen molar-refractivity contribution in [3.63, 3.8) is 0 Å². The van der Waals surface area contributed by atoms with Crippen LogP contribution in [-0.4, -0.2) is 46.1 Å². The average Bonchev–Trinajstić information content (AvgIpc) is 3.02. The van der Waals surface area contributed by atoms with Crippen molar-refractivity contribution in [1.82, 2.24) is 10.2 Å². The van der Waals surface area contributed by atoms with Crippen LogP contribution in [0.4, 0.5) is 10.5 Å². The van der Waals surface area contributed by atoms with Gasteiger partial charge in [0, 0.05) is 18.7 Å². The van der Waals surface area contributed by atoms with E-state index in [0.717, 1.165) is 41.2 Å². The number of anilines is 1. The van der Waals surface area contributed by atoms with Gasteiger partial charge in [-0.3, -0.25) is 9.59 Å². The normalized spacial score (nSPS) is 12.6. The van der Waals surface area contributed by atoms with Crippen molar-refractivity contribution in [3.8, 4) is 5.75 Å². The van der Waals surface area contributed by atoms with Gasteiger partial charge < -0.3 is 25.4 Å². The number of benzene rings is 4. The Morgan fingerprint density at radius 1 is 0.851 bits per heavy atom. The number of carbonyl (C=O) groups excluding carboxylic acids is 3. The van der Waals surface area contributed by atoms with Crippen LogP contribution in [0.3, 0.4) is 0 Å². The lowest BCUT2D eigenvalue weighted by Gasteiger charge is -2.35. The number of rotatable bonds is 13. The lowest BCUT2D eigenvalue weighted by atomic mass is 9.98. The first kappa shape index (κ1) is 35.0. The lowest BCUT2D eigenvalue weighted by molar-refractivity contribution is -0.140. The van der Waals surface area contributed by atoms with E-state index in [0.29, 0.717) is 24.2 Å². The largest absolute Gasteiger partial charge is 0.508 e. The molecule has 4 aromatic carbocycles. The highest BCUT2D eigenvalue weighted by Gasteiger charge is 2.36. The number of aromatic hydroxyl groups is 1. The molecule has 0 spiro atoms. The molecule has 4 aromatic rings. The Morgan fingerprint density at radius 3 is 2.19 bits per heavy atom. The first-order valence-electron chi connectivity index (χ1n) is 16.4. The van der Waals surface area contributed by atoms with Crippen molar-refractivity contribution in [1.29, 1.82) is 0 Å². The summed E-state index contributed by atoms with van der Waals surface area (Å²) in [5.41, 5.74) is 2.27. The first-order chi connectivity index (χ1) is 22.4. The van der Waals surface area contributed by atoms with Gasteiger partial charge in [-0.2, -0.15) is 0 Å². The van der Waals surface area contributed by atoms with Crippen LogP contribution >= 0.6 is 0 Å². The van der Waals surface area contributed by atoms with Crippen LogP contribution in [0.25, 0.3) is 10.8 Å². The van der Waals surface area contributed by atoms with Crippen LogP contribution in [0.1, 0.15) is 76.1 Å². The van der Waals surface area contributed by atoms with Crippen molar-refractivity contribution in [2.75, 3.05) is 11.9 Å².